The lowest BCUT2D eigenvalue weighted by Gasteiger charge is -2.36. The number of likely N-dealkylation sites (N-methyl/N-ethyl adjacent to an activating group) is 1. The quantitative estimate of drug-likeness (QED) is 0.476. The molecule has 0 aliphatic carbocycles. The molecule has 2 heterocycles. The van der Waals surface area contributed by atoms with Crippen LogP contribution in [-0.2, 0) is 19.1 Å². The summed E-state index contributed by atoms with van der Waals surface area (Å²) in [6.07, 6.45) is 9.98. The van der Waals surface area contributed by atoms with E-state index in [0.29, 0.717) is 12.5 Å². The topological polar surface area (TPSA) is 55.8 Å². The molecule has 2 saturated heterocycles. The standard InChI is InChI=1S/C19H33NO4/c1-4-5-6-7-8-9-10-19(22)24-16-11-15-12-18(23-14(2)21)17(13-16)20(15)3/h15-18H,4-13H2,1-3H3/t15-,16-,17+,18-/m0/s1. The average Bonchev–Trinajstić information content (AvgIpc) is 2.69. The van der Waals surface area contributed by atoms with Crippen molar-refractivity contribution in [2.75, 3.05) is 7.05 Å². The molecule has 2 aliphatic rings. The number of fused-ring (bicyclic) bond motifs is 2. The number of piperidine rings is 1. The molecule has 138 valence electrons. The highest BCUT2D eigenvalue weighted by molar-refractivity contribution is 5.69. The Kier molecular flexibility index (Phi) is 7.53. The lowest BCUT2D eigenvalue weighted by molar-refractivity contribution is -0.155. The van der Waals surface area contributed by atoms with Crippen LogP contribution in [0.15, 0.2) is 0 Å². The van der Waals surface area contributed by atoms with Crippen molar-refractivity contribution in [1.29, 1.82) is 0 Å². The number of rotatable bonds is 9. The third kappa shape index (κ3) is 5.47. The van der Waals surface area contributed by atoms with Gasteiger partial charge in [-0.1, -0.05) is 39.0 Å². The van der Waals surface area contributed by atoms with Crippen molar-refractivity contribution in [3.8, 4) is 0 Å². The summed E-state index contributed by atoms with van der Waals surface area (Å²) in [7, 11) is 2.08. The second kappa shape index (κ2) is 9.40. The van der Waals surface area contributed by atoms with E-state index in [0.717, 1.165) is 32.1 Å². The maximum atomic E-state index is 12.1. The van der Waals surface area contributed by atoms with E-state index < -0.39 is 0 Å². The van der Waals surface area contributed by atoms with Gasteiger partial charge in [0.05, 0.1) is 6.04 Å². The third-order valence-corrected chi connectivity index (χ3v) is 5.42. The molecular formula is C19H33NO4. The summed E-state index contributed by atoms with van der Waals surface area (Å²) in [5.74, 6) is -0.291. The van der Waals surface area contributed by atoms with Crippen LogP contribution in [0.3, 0.4) is 0 Å². The molecule has 0 radical (unpaired) electrons. The molecule has 0 N–H and O–H groups in total. The van der Waals surface area contributed by atoms with Gasteiger partial charge < -0.3 is 9.47 Å². The molecule has 2 fully saturated rings. The predicted octanol–water partition coefficient (Wildman–Crippen LogP) is 3.45. The first-order valence-corrected chi connectivity index (χ1v) is 9.59. The summed E-state index contributed by atoms with van der Waals surface area (Å²) in [6, 6.07) is 0.527. The van der Waals surface area contributed by atoms with E-state index in [-0.39, 0.29) is 30.2 Å². The number of hydrogen-bond acceptors (Lipinski definition) is 5. The van der Waals surface area contributed by atoms with Gasteiger partial charge in [0.2, 0.25) is 0 Å². The molecule has 0 aromatic rings. The number of nitrogens with zero attached hydrogens (tertiary/aromatic N) is 1. The summed E-state index contributed by atoms with van der Waals surface area (Å²) in [4.78, 5) is 25.6. The van der Waals surface area contributed by atoms with Crippen LogP contribution in [0.4, 0.5) is 0 Å². The summed E-state index contributed by atoms with van der Waals surface area (Å²) >= 11 is 0. The van der Waals surface area contributed by atoms with Crippen LogP contribution in [0, 0.1) is 0 Å². The largest absolute Gasteiger partial charge is 0.462 e. The van der Waals surface area contributed by atoms with Crippen molar-refractivity contribution in [2.24, 2.45) is 0 Å². The molecule has 24 heavy (non-hydrogen) atoms. The van der Waals surface area contributed by atoms with Crippen molar-refractivity contribution in [1.82, 2.24) is 4.90 Å². The van der Waals surface area contributed by atoms with Gasteiger partial charge in [0.15, 0.2) is 0 Å². The Morgan fingerprint density at radius 1 is 1.00 bits per heavy atom. The zero-order valence-corrected chi connectivity index (χ0v) is 15.5. The van der Waals surface area contributed by atoms with E-state index in [9.17, 15) is 9.59 Å². The van der Waals surface area contributed by atoms with Gasteiger partial charge in [-0.25, -0.2) is 0 Å². The molecular weight excluding hydrogens is 306 g/mol. The fourth-order valence-electron chi connectivity index (χ4n) is 4.10. The first-order valence-electron chi connectivity index (χ1n) is 9.59. The number of ether oxygens (including phenoxy) is 2. The number of unbranched alkanes of at least 4 members (excludes halogenated alkanes) is 5. The highest BCUT2D eigenvalue weighted by atomic mass is 16.6. The predicted molar refractivity (Wildman–Crippen MR) is 92.6 cm³/mol. The molecule has 0 saturated carbocycles. The van der Waals surface area contributed by atoms with Crippen LogP contribution in [0.5, 0.6) is 0 Å². The van der Waals surface area contributed by atoms with Gasteiger partial charge in [0, 0.05) is 38.6 Å². The first-order chi connectivity index (χ1) is 11.5. The minimum absolute atomic E-state index is 0.0238. The second-order valence-electron chi connectivity index (χ2n) is 7.37. The molecule has 0 spiro atoms. The summed E-state index contributed by atoms with van der Waals surface area (Å²) < 4.78 is 11.1. The van der Waals surface area contributed by atoms with E-state index in [1.165, 1.54) is 32.6 Å². The SMILES string of the molecule is CCCCCCCCC(=O)O[C@H]1C[C@H]2C[C@H](OC(C)=O)[C@@H](C1)N2C. The molecule has 2 aliphatic heterocycles. The lowest BCUT2D eigenvalue weighted by atomic mass is 10.00. The fraction of sp³-hybridized carbons (Fsp3) is 0.895. The van der Waals surface area contributed by atoms with Gasteiger partial charge in [-0.15, -0.1) is 0 Å². The smallest absolute Gasteiger partial charge is 0.306 e. The molecule has 2 bridgehead atoms. The summed E-state index contributed by atoms with van der Waals surface area (Å²) in [6.45, 7) is 3.67. The average molecular weight is 339 g/mol. The normalized spacial score (nSPS) is 29.5. The van der Waals surface area contributed by atoms with Gasteiger partial charge in [0.25, 0.3) is 0 Å². The number of carbonyl (C=O) groups is 2. The molecule has 2 rings (SSSR count). The van der Waals surface area contributed by atoms with E-state index in [2.05, 4.69) is 18.9 Å². The second-order valence-corrected chi connectivity index (χ2v) is 7.37. The summed E-state index contributed by atoms with van der Waals surface area (Å²) in [5.41, 5.74) is 0. The van der Waals surface area contributed by atoms with Crippen LogP contribution >= 0.6 is 0 Å². The van der Waals surface area contributed by atoms with E-state index in [1.807, 2.05) is 0 Å². The molecule has 0 aromatic heterocycles. The Balaban J connectivity index is 1.69. The van der Waals surface area contributed by atoms with Gasteiger partial charge in [-0.05, 0) is 13.5 Å². The monoisotopic (exact) mass is 339 g/mol. The van der Waals surface area contributed by atoms with Crippen LogP contribution in [0.1, 0.15) is 78.1 Å². The Bertz CT molecular complexity index is 426. The third-order valence-electron chi connectivity index (χ3n) is 5.42. The highest BCUT2D eigenvalue weighted by Gasteiger charge is 2.47. The van der Waals surface area contributed by atoms with E-state index in [4.69, 9.17) is 9.47 Å². The first kappa shape index (κ1) is 19.2. The maximum absolute atomic E-state index is 12.1. The van der Waals surface area contributed by atoms with Gasteiger partial charge in [0.1, 0.15) is 12.2 Å². The Labute approximate surface area is 146 Å². The fourth-order valence-corrected chi connectivity index (χ4v) is 4.10. The van der Waals surface area contributed by atoms with Gasteiger partial charge in [-0.2, -0.15) is 0 Å². The molecule has 5 heteroatoms. The van der Waals surface area contributed by atoms with Crippen LogP contribution < -0.4 is 0 Å². The van der Waals surface area contributed by atoms with Crippen molar-refractivity contribution < 1.29 is 19.1 Å². The summed E-state index contributed by atoms with van der Waals surface area (Å²) in [5, 5.41) is 0. The van der Waals surface area contributed by atoms with Crippen molar-refractivity contribution in [3.05, 3.63) is 0 Å². The van der Waals surface area contributed by atoms with Crippen molar-refractivity contribution in [3.63, 3.8) is 0 Å². The van der Waals surface area contributed by atoms with Crippen LogP contribution in [-0.4, -0.2) is 48.2 Å². The minimum atomic E-state index is -0.224. The number of carbonyl (C=O) groups excluding carboxylic acids is 2. The maximum Gasteiger partial charge on any atom is 0.306 e. The van der Waals surface area contributed by atoms with Crippen LogP contribution in [0.25, 0.3) is 0 Å². The van der Waals surface area contributed by atoms with Crippen molar-refractivity contribution >= 4 is 11.9 Å². The highest BCUT2D eigenvalue weighted by Crippen LogP contribution is 2.37. The van der Waals surface area contributed by atoms with Gasteiger partial charge in [-0.3, -0.25) is 14.5 Å². The Morgan fingerprint density at radius 3 is 2.42 bits per heavy atom. The molecule has 0 aromatic carbocycles. The molecule has 5 nitrogen and oxygen atoms in total. The van der Waals surface area contributed by atoms with Crippen molar-refractivity contribution in [2.45, 2.75) is 102 Å². The molecule has 4 atom stereocenters. The number of hydrogen-bond donors (Lipinski definition) is 0. The Hall–Kier alpha value is -1.10. The van der Waals surface area contributed by atoms with E-state index >= 15 is 0 Å². The molecule has 0 unspecified atom stereocenters. The minimum Gasteiger partial charge on any atom is -0.462 e. The zero-order chi connectivity index (χ0) is 17.5. The zero-order valence-electron chi connectivity index (χ0n) is 15.5. The van der Waals surface area contributed by atoms with Gasteiger partial charge >= 0.3 is 11.9 Å². The Morgan fingerprint density at radius 2 is 1.71 bits per heavy atom. The molecule has 0 amide bonds. The van der Waals surface area contributed by atoms with E-state index in [1.54, 1.807) is 0 Å². The lowest BCUT2D eigenvalue weighted by Crippen LogP contribution is -2.46. The number of esters is 2. The van der Waals surface area contributed by atoms with Crippen LogP contribution in [0.2, 0.25) is 0 Å².